The first-order chi connectivity index (χ1) is 9.08. The summed E-state index contributed by atoms with van der Waals surface area (Å²) in [6, 6.07) is 3.85. The highest BCUT2D eigenvalue weighted by Gasteiger charge is 2.47. The number of nitrogens with one attached hydrogen (secondary N) is 2. The van der Waals surface area contributed by atoms with Crippen LogP contribution < -0.4 is 10.6 Å². The van der Waals surface area contributed by atoms with Crippen molar-refractivity contribution >= 4 is 11.8 Å². The molecule has 1 heterocycles. The highest BCUT2D eigenvalue weighted by atomic mass is 16.2. The molecule has 0 bridgehead atoms. The van der Waals surface area contributed by atoms with Crippen LogP contribution in [-0.2, 0) is 16.1 Å². The molecule has 0 radical (unpaired) electrons. The van der Waals surface area contributed by atoms with Gasteiger partial charge in [0.1, 0.15) is 0 Å². The Morgan fingerprint density at radius 3 is 2.74 bits per heavy atom. The molecule has 0 aliphatic heterocycles. The van der Waals surface area contributed by atoms with Gasteiger partial charge < -0.3 is 10.6 Å². The van der Waals surface area contributed by atoms with Gasteiger partial charge in [-0.3, -0.25) is 14.6 Å². The zero-order valence-corrected chi connectivity index (χ0v) is 11.2. The second-order valence-corrected chi connectivity index (χ2v) is 5.19. The minimum absolute atomic E-state index is 0.0171. The van der Waals surface area contributed by atoms with Gasteiger partial charge in [0.05, 0.1) is 11.8 Å². The van der Waals surface area contributed by atoms with Crippen LogP contribution in [0.5, 0.6) is 0 Å². The maximum Gasteiger partial charge on any atom is 0.224 e. The lowest BCUT2D eigenvalue weighted by Crippen LogP contribution is -2.33. The van der Waals surface area contributed by atoms with E-state index in [-0.39, 0.29) is 29.7 Å². The Labute approximate surface area is 112 Å². The predicted octanol–water partition coefficient (Wildman–Crippen LogP) is 0.858. The van der Waals surface area contributed by atoms with Gasteiger partial charge in [-0.1, -0.05) is 6.07 Å². The van der Waals surface area contributed by atoms with Crippen LogP contribution in [0.3, 0.4) is 0 Å². The zero-order chi connectivity index (χ0) is 13.8. The molecule has 2 rings (SSSR count). The van der Waals surface area contributed by atoms with Crippen molar-refractivity contribution in [1.82, 2.24) is 15.6 Å². The summed E-state index contributed by atoms with van der Waals surface area (Å²) in [5.74, 6) is -0.393. The number of carbonyl (C=O) groups excluding carboxylic acids is 2. The fourth-order valence-corrected chi connectivity index (χ4v) is 1.99. The topological polar surface area (TPSA) is 71.1 Å². The van der Waals surface area contributed by atoms with Gasteiger partial charge in [0.2, 0.25) is 11.8 Å². The van der Waals surface area contributed by atoms with Crippen molar-refractivity contribution in [2.24, 2.45) is 11.8 Å². The zero-order valence-electron chi connectivity index (χ0n) is 11.2. The largest absolute Gasteiger partial charge is 0.354 e. The number of hydrogen-bond donors (Lipinski definition) is 2. The number of hydrogen-bond acceptors (Lipinski definition) is 3. The molecule has 1 saturated carbocycles. The summed E-state index contributed by atoms with van der Waals surface area (Å²) in [7, 11) is 0. The van der Waals surface area contributed by atoms with Gasteiger partial charge in [0.15, 0.2) is 0 Å². The van der Waals surface area contributed by atoms with E-state index in [4.69, 9.17) is 0 Å². The average molecular weight is 261 g/mol. The molecule has 1 aromatic heterocycles. The SMILES string of the molecule is CC(C)NC(=O)C1CC1C(=O)NCc1cccnc1. The number of carbonyl (C=O) groups is 2. The van der Waals surface area contributed by atoms with Crippen molar-refractivity contribution in [2.45, 2.75) is 32.9 Å². The molecule has 2 atom stereocenters. The molecule has 1 fully saturated rings. The standard InChI is InChI=1S/C14H19N3O2/c1-9(2)17-14(19)12-6-11(12)13(18)16-8-10-4-3-5-15-7-10/h3-5,7,9,11-12H,6,8H2,1-2H3,(H,16,18)(H,17,19). The molecule has 1 aliphatic rings. The fraction of sp³-hybridized carbons (Fsp3) is 0.500. The van der Waals surface area contributed by atoms with Crippen molar-refractivity contribution < 1.29 is 9.59 Å². The van der Waals surface area contributed by atoms with Crippen LogP contribution in [0.1, 0.15) is 25.8 Å². The Morgan fingerprint density at radius 2 is 2.11 bits per heavy atom. The smallest absolute Gasteiger partial charge is 0.224 e. The summed E-state index contributed by atoms with van der Waals surface area (Å²) in [6.07, 6.45) is 4.06. The summed E-state index contributed by atoms with van der Waals surface area (Å²) in [6.45, 7) is 4.29. The Hall–Kier alpha value is -1.91. The minimum atomic E-state index is -0.171. The van der Waals surface area contributed by atoms with Crippen molar-refractivity contribution in [3.63, 3.8) is 0 Å². The maximum absolute atomic E-state index is 11.9. The van der Waals surface area contributed by atoms with Crippen molar-refractivity contribution in [3.8, 4) is 0 Å². The molecule has 1 aliphatic carbocycles. The third-order valence-electron chi connectivity index (χ3n) is 3.08. The molecule has 2 unspecified atom stereocenters. The van der Waals surface area contributed by atoms with Crippen molar-refractivity contribution in [1.29, 1.82) is 0 Å². The first kappa shape index (κ1) is 13.5. The van der Waals surface area contributed by atoms with Crippen LogP contribution in [0, 0.1) is 11.8 Å². The van der Waals surface area contributed by atoms with E-state index in [1.807, 2.05) is 26.0 Å². The van der Waals surface area contributed by atoms with Gasteiger partial charge in [-0.2, -0.15) is 0 Å². The van der Waals surface area contributed by atoms with E-state index in [1.165, 1.54) is 0 Å². The van der Waals surface area contributed by atoms with Crippen LogP contribution in [0.4, 0.5) is 0 Å². The molecule has 5 nitrogen and oxygen atoms in total. The molecule has 0 spiro atoms. The third-order valence-corrected chi connectivity index (χ3v) is 3.08. The highest BCUT2D eigenvalue weighted by Crippen LogP contribution is 2.38. The van der Waals surface area contributed by atoms with E-state index in [0.29, 0.717) is 13.0 Å². The summed E-state index contributed by atoms with van der Waals surface area (Å²) >= 11 is 0. The molecule has 0 aromatic carbocycles. The van der Waals surface area contributed by atoms with E-state index >= 15 is 0 Å². The average Bonchev–Trinajstić information content (AvgIpc) is 3.17. The molecule has 2 N–H and O–H groups in total. The van der Waals surface area contributed by atoms with Gasteiger partial charge >= 0.3 is 0 Å². The number of amides is 2. The quantitative estimate of drug-likeness (QED) is 0.825. The third kappa shape index (κ3) is 3.77. The fourth-order valence-electron chi connectivity index (χ4n) is 1.99. The van der Waals surface area contributed by atoms with Crippen LogP contribution >= 0.6 is 0 Å². The Balaban J connectivity index is 1.76. The lowest BCUT2D eigenvalue weighted by molar-refractivity contribution is -0.127. The van der Waals surface area contributed by atoms with Crippen LogP contribution in [0.2, 0.25) is 0 Å². The van der Waals surface area contributed by atoms with Crippen LogP contribution in [0.15, 0.2) is 24.5 Å². The number of nitrogens with zero attached hydrogens (tertiary/aromatic N) is 1. The van der Waals surface area contributed by atoms with E-state index in [1.54, 1.807) is 12.4 Å². The summed E-state index contributed by atoms with van der Waals surface area (Å²) in [5.41, 5.74) is 0.958. The van der Waals surface area contributed by atoms with Crippen LogP contribution in [-0.4, -0.2) is 22.8 Å². The second kappa shape index (κ2) is 5.82. The Kier molecular flexibility index (Phi) is 4.14. The number of pyridine rings is 1. The van der Waals surface area contributed by atoms with Crippen LogP contribution in [0.25, 0.3) is 0 Å². The molecular weight excluding hydrogens is 242 g/mol. The Bertz CT molecular complexity index is 459. The molecular formula is C14H19N3O2. The molecule has 0 saturated heterocycles. The molecule has 1 aromatic rings. The lowest BCUT2D eigenvalue weighted by Gasteiger charge is -2.08. The van der Waals surface area contributed by atoms with E-state index in [2.05, 4.69) is 15.6 Å². The maximum atomic E-state index is 11.9. The number of rotatable bonds is 5. The van der Waals surface area contributed by atoms with E-state index < -0.39 is 0 Å². The van der Waals surface area contributed by atoms with Gasteiger partial charge in [-0.15, -0.1) is 0 Å². The van der Waals surface area contributed by atoms with E-state index in [0.717, 1.165) is 5.56 Å². The predicted molar refractivity (Wildman–Crippen MR) is 71.0 cm³/mol. The normalized spacial score (nSPS) is 21.0. The summed E-state index contributed by atoms with van der Waals surface area (Å²) < 4.78 is 0. The molecule has 19 heavy (non-hydrogen) atoms. The highest BCUT2D eigenvalue weighted by molar-refractivity contribution is 5.92. The van der Waals surface area contributed by atoms with Gasteiger partial charge in [-0.05, 0) is 31.9 Å². The summed E-state index contributed by atoms with van der Waals surface area (Å²) in [4.78, 5) is 27.6. The molecule has 5 heteroatoms. The van der Waals surface area contributed by atoms with Gasteiger partial charge in [0, 0.05) is 25.0 Å². The summed E-state index contributed by atoms with van der Waals surface area (Å²) in [5, 5.41) is 5.67. The molecule has 2 amide bonds. The first-order valence-corrected chi connectivity index (χ1v) is 6.55. The molecule has 102 valence electrons. The van der Waals surface area contributed by atoms with E-state index in [9.17, 15) is 9.59 Å². The van der Waals surface area contributed by atoms with Gasteiger partial charge in [-0.25, -0.2) is 0 Å². The second-order valence-electron chi connectivity index (χ2n) is 5.19. The monoisotopic (exact) mass is 261 g/mol. The minimum Gasteiger partial charge on any atom is -0.354 e. The van der Waals surface area contributed by atoms with Gasteiger partial charge in [0.25, 0.3) is 0 Å². The number of aromatic nitrogens is 1. The first-order valence-electron chi connectivity index (χ1n) is 6.55. The van der Waals surface area contributed by atoms with Crippen molar-refractivity contribution in [3.05, 3.63) is 30.1 Å². The lowest BCUT2D eigenvalue weighted by atomic mass is 10.2. The van der Waals surface area contributed by atoms with Crippen molar-refractivity contribution in [2.75, 3.05) is 0 Å². The Morgan fingerprint density at radius 1 is 1.37 bits per heavy atom.